The maximum atomic E-state index is 5.76. The van der Waals surface area contributed by atoms with Gasteiger partial charge in [-0.1, -0.05) is 60.7 Å². The molecule has 4 nitrogen and oxygen atoms in total. The van der Waals surface area contributed by atoms with Crippen LogP contribution in [-0.4, -0.2) is 57.4 Å². The summed E-state index contributed by atoms with van der Waals surface area (Å²) in [7, 11) is -0.592. The summed E-state index contributed by atoms with van der Waals surface area (Å²) in [5, 5.41) is 2.72. The number of nitrogens with zero attached hydrogens (tertiary/aromatic N) is 1. The highest BCUT2D eigenvalue weighted by Crippen LogP contribution is 2.37. The molecular weight excluding hydrogens is 333 g/mol. The monoisotopic (exact) mass is 359 g/mol. The Morgan fingerprint density at radius 2 is 0.960 bits per heavy atom. The minimum Gasteiger partial charge on any atom is -0.378 e. The highest BCUT2D eigenvalue weighted by molar-refractivity contribution is 7.70. The Hall–Kier alpha value is -1.29. The van der Waals surface area contributed by atoms with Gasteiger partial charge in [0.25, 0.3) is 0 Å². The van der Waals surface area contributed by atoms with Crippen molar-refractivity contribution in [2.45, 2.75) is 0 Å². The normalized spacial score (nSPS) is 18.4. The fourth-order valence-electron chi connectivity index (χ4n) is 2.81. The summed E-state index contributed by atoms with van der Waals surface area (Å²) in [5.74, 6) is 0. The zero-order valence-electron chi connectivity index (χ0n) is 14.5. The second kappa shape index (κ2) is 10.6. The Bertz CT molecular complexity index is 545. The molecule has 1 fully saturated rings. The van der Waals surface area contributed by atoms with Crippen molar-refractivity contribution in [3.8, 4) is 0 Å². The van der Waals surface area contributed by atoms with Crippen LogP contribution >= 0.6 is 8.07 Å². The van der Waals surface area contributed by atoms with Crippen molar-refractivity contribution in [3.05, 3.63) is 60.7 Å². The smallest absolute Gasteiger partial charge is 0.0701 e. The van der Waals surface area contributed by atoms with E-state index >= 15 is 0 Å². The quantitative estimate of drug-likeness (QED) is 0.788. The van der Waals surface area contributed by atoms with E-state index in [1.165, 1.54) is 10.6 Å². The first kappa shape index (κ1) is 18.5. The van der Waals surface area contributed by atoms with Crippen LogP contribution < -0.4 is 10.6 Å². The molecular formula is C20H26NO3P. The molecule has 0 saturated carbocycles. The van der Waals surface area contributed by atoms with E-state index in [0.29, 0.717) is 39.6 Å². The highest BCUT2D eigenvalue weighted by atomic mass is 31.1. The molecule has 1 aliphatic heterocycles. The van der Waals surface area contributed by atoms with Crippen molar-refractivity contribution < 1.29 is 14.2 Å². The summed E-state index contributed by atoms with van der Waals surface area (Å²) in [6.45, 7) is 5.75. The lowest BCUT2D eigenvalue weighted by molar-refractivity contribution is 0.00317. The summed E-state index contributed by atoms with van der Waals surface area (Å²) in [6, 6.07) is 21.5. The largest absolute Gasteiger partial charge is 0.378 e. The van der Waals surface area contributed by atoms with Crippen LogP contribution in [0.25, 0.3) is 0 Å². The molecule has 0 bridgehead atoms. The Kier molecular flexibility index (Phi) is 7.88. The van der Waals surface area contributed by atoms with Crippen molar-refractivity contribution >= 4 is 18.7 Å². The summed E-state index contributed by atoms with van der Waals surface area (Å²) >= 11 is 0. The molecule has 0 unspecified atom stereocenters. The molecule has 0 aliphatic carbocycles. The number of rotatable bonds is 3. The van der Waals surface area contributed by atoms with E-state index in [9.17, 15) is 0 Å². The van der Waals surface area contributed by atoms with Gasteiger partial charge in [0.15, 0.2) is 0 Å². The van der Waals surface area contributed by atoms with Crippen LogP contribution in [0, 0.1) is 0 Å². The third-order valence-electron chi connectivity index (χ3n) is 4.02. The van der Waals surface area contributed by atoms with Crippen molar-refractivity contribution in [1.82, 2.24) is 4.67 Å². The molecule has 2 aromatic rings. The summed E-state index contributed by atoms with van der Waals surface area (Å²) in [5.41, 5.74) is 0. The SMILES string of the molecule is c1ccc(P(c2ccccc2)N2CCOCCOCCOCC2)cc1. The number of ether oxygens (including phenoxy) is 3. The molecule has 25 heavy (non-hydrogen) atoms. The number of benzene rings is 2. The molecule has 0 amide bonds. The van der Waals surface area contributed by atoms with Crippen molar-refractivity contribution in [1.29, 1.82) is 0 Å². The molecule has 0 atom stereocenters. The van der Waals surface area contributed by atoms with E-state index in [2.05, 4.69) is 65.3 Å². The second-order valence-electron chi connectivity index (χ2n) is 5.77. The van der Waals surface area contributed by atoms with Gasteiger partial charge in [-0.15, -0.1) is 0 Å². The molecule has 3 rings (SSSR count). The molecule has 2 aromatic carbocycles. The highest BCUT2D eigenvalue weighted by Gasteiger charge is 2.22. The average molecular weight is 359 g/mol. The first-order valence-corrected chi connectivity index (χ1v) is 10.1. The van der Waals surface area contributed by atoms with Crippen LogP contribution in [-0.2, 0) is 14.2 Å². The third-order valence-corrected chi connectivity index (χ3v) is 6.56. The van der Waals surface area contributed by atoms with Crippen molar-refractivity contribution in [3.63, 3.8) is 0 Å². The van der Waals surface area contributed by atoms with Gasteiger partial charge in [0.05, 0.1) is 39.6 Å². The molecule has 1 saturated heterocycles. The molecule has 0 spiro atoms. The first-order valence-electron chi connectivity index (χ1n) is 8.83. The van der Waals surface area contributed by atoms with Crippen molar-refractivity contribution in [2.24, 2.45) is 0 Å². The molecule has 5 heteroatoms. The second-order valence-corrected chi connectivity index (χ2v) is 8.00. The maximum Gasteiger partial charge on any atom is 0.0701 e. The molecule has 0 aromatic heterocycles. The maximum absolute atomic E-state index is 5.76. The van der Waals surface area contributed by atoms with Gasteiger partial charge in [-0.05, 0) is 10.6 Å². The van der Waals surface area contributed by atoms with Gasteiger partial charge < -0.3 is 14.2 Å². The lowest BCUT2D eigenvalue weighted by Gasteiger charge is -2.32. The van der Waals surface area contributed by atoms with E-state index < -0.39 is 8.07 Å². The van der Waals surface area contributed by atoms with E-state index in [1.807, 2.05) is 0 Å². The average Bonchev–Trinajstić information content (AvgIpc) is 2.66. The summed E-state index contributed by atoms with van der Waals surface area (Å²) in [6.07, 6.45) is 0. The van der Waals surface area contributed by atoms with Gasteiger partial charge in [-0.3, -0.25) is 4.67 Å². The Balaban J connectivity index is 1.81. The Morgan fingerprint density at radius 3 is 1.40 bits per heavy atom. The third kappa shape index (κ3) is 5.88. The lowest BCUT2D eigenvalue weighted by atomic mass is 10.4. The predicted molar refractivity (Wildman–Crippen MR) is 103 cm³/mol. The summed E-state index contributed by atoms with van der Waals surface area (Å²) in [4.78, 5) is 0. The Labute approximate surface area is 151 Å². The van der Waals surface area contributed by atoms with Gasteiger partial charge in [0.2, 0.25) is 0 Å². The standard InChI is InChI=1S/C20H26NO3P/c1-3-7-19(8-4-1)25(20-9-5-2-6-10-20)21-11-13-22-15-17-24-18-16-23-14-12-21/h1-10H,11-18H2. The fraction of sp³-hybridized carbons (Fsp3) is 0.400. The number of hydrogen-bond acceptors (Lipinski definition) is 4. The van der Waals surface area contributed by atoms with Crippen molar-refractivity contribution in [2.75, 3.05) is 52.7 Å². The van der Waals surface area contributed by atoms with Gasteiger partial charge >= 0.3 is 0 Å². The predicted octanol–water partition coefficient (Wildman–Crippen LogP) is 2.40. The van der Waals surface area contributed by atoms with Crippen LogP contribution in [0.3, 0.4) is 0 Å². The van der Waals surface area contributed by atoms with Crippen LogP contribution in [0.1, 0.15) is 0 Å². The summed E-state index contributed by atoms with van der Waals surface area (Å²) < 4.78 is 19.5. The molecule has 1 aliphatic rings. The first-order chi connectivity index (χ1) is 12.4. The topological polar surface area (TPSA) is 30.9 Å². The van der Waals surface area contributed by atoms with E-state index in [-0.39, 0.29) is 0 Å². The zero-order chi connectivity index (χ0) is 17.2. The van der Waals surface area contributed by atoms with Crippen LogP contribution in [0.5, 0.6) is 0 Å². The molecule has 134 valence electrons. The van der Waals surface area contributed by atoms with Gasteiger partial charge in [-0.25, -0.2) is 0 Å². The van der Waals surface area contributed by atoms with Crippen LogP contribution in [0.4, 0.5) is 0 Å². The van der Waals surface area contributed by atoms with E-state index in [1.54, 1.807) is 0 Å². The minimum atomic E-state index is -0.592. The number of hydrogen-bond donors (Lipinski definition) is 0. The van der Waals surface area contributed by atoms with E-state index in [4.69, 9.17) is 14.2 Å². The van der Waals surface area contributed by atoms with E-state index in [0.717, 1.165) is 13.1 Å². The zero-order valence-corrected chi connectivity index (χ0v) is 15.4. The van der Waals surface area contributed by atoms with Crippen LogP contribution in [0.15, 0.2) is 60.7 Å². The molecule has 0 radical (unpaired) electrons. The van der Waals surface area contributed by atoms with Gasteiger partial charge in [0, 0.05) is 21.2 Å². The molecule has 0 N–H and O–H groups in total. The lowest BCUT2D eigenvalue weighted by Crippen LogP contribution is -2.34. The minimum absolute atomic E-state index is 0.592. The van der Waals surface area contributed by atoms with Crippen LogP contribution in [0.2, 0.25) is 0 Å². The molecule has 1 heterocycles. The van der Waals surface area contributed by atoms with Gasteiger partial charge in [-0.2, -0.15) is 0 Å². The Morgan fingerprint density at radius 1 is 0.560 bits per heavy atom. The fourth-order valence-corrected chi connectivity index (χ4v) is 5.23. The van der Waals surface area contributed by atoms with Gasteiger partial charge in [0.1, 0.15) is 0 Å².